The van der Waals surface area contributed by atoms with Crippen molar-refractivity contribution in [3.8, 4) is 0 Å². The lowest BCUT2D eigenvalue weighted by Gasteiger charge is -2.20. The van der Waals surface area contributed by atoms with Gasteiger partial charge in [0.2, 0.25) is 0 Å². The molecule has 0 aromatic heterocycles. The van der Waals surface area contributed by atoms with Gasteiger partial charge in [-0.3, -0.25) is 4.79 Å². The molecule has 1 aliphatic heterocycles. The fraction of sp³-hybridized carbons (Fsp3) is 0.316. The first kappa shape index (κ1) is 16.9. The summed E-state index contributed by atoms with van der Waals surface area (Å²) in [4.78, 5) is 12.2. The Hall–Kier alpha value is -1.98. The minimum Gasteiger partial charge on any atom is -0.379 e. The quantitative estimate of drug-likeness (QED) is 0.776. The molecule has 1 aliphatic rings. The summed E-state index contributed by atoms with van der Waals surface area (Å²) < 4.78 is 0. The van der Waals surface area contributed by atoms with Crippen LogP contribution in [0.15, 0.2) is 54.6 Å². The average Bonchev–Trinajstić information content (AvgIpc) is 3.05. The van der Waals surface area contributed by atoms with Crippen LogP contribution in [0.4, 0.5) is 11.4 Å². The first-order valence-corrected chi connectivity index (χ1v) is 9.25. The van der Waals surface area contributed by atoms with Crippen LogP contribution in [0.1, 0.15) is 24.9 Å². The molecule has 0 radical (unpaired) electrons. The molecule has 126 valence electrons. The Bertz CT molecular complexity index is 682. The van der Waals surface area contributed by atoms with Crippen LogP contribution in [0, 0.1) is 0 Å². The maximum atomic E-state index is 12.2. The second-order valence-electron chi connectivity index (χ2n) is 6.14. The molecule has 3 N–H and O–H groups in total. The molecule has 1 saturated heterocycles. The van der Waals surface area contributed by atoms with Crippen LogP contribution in [0.2, 0.25) is 0 Å². The third-order valence-electron chi connectivity index (χ3n) is 4.25. The predicted molar refractivity (Wildman–Crippen MR) is 100 cm³/mol. The molecule has 1 fully saturated rings. The van der Waals surface area contributed by atoms with Crippen molar-refractivity contribution in [2.75, 3.05) is 22.1 Å². The highest BCUT2D eigenvalue weighted by atomic mass is 32.2. The van der Waals surface area contributed by atoms with E-state index in [0.29, 0.717) is 17.9 Å². The van der Waals surface area contributed by atoms with Crippen molar-refractivity contribution in [2.24, 2.45) is 0 Å². The highest BCUT2D eigenvalue weighted by Crippen LogP contribution is 2.29. The minimum atomic E-state index is -1.23. The van der Waals surface area contributed by atoms with Crippen molar-refractivity contribution < 1.29 is 9.90 Å². The monoisotopic (exact) mass is 342 g/mol. The first-order valence-electron chi connectivity index (χ1n) is 8.10. The lowest BCUT2D eigenvalue weighted by Crippen LogP contribution is -2.42. The number of rotatable bonds is 5. The Morgan fingerprint density at radius 1 is 1.12 bits per heavy atom. The van der Waals surface area contributed by atoms with Gasteiger partial charge >= 0.3 is 0 Å². The molecule has 2 atom stereocenters. The van der Waals surface area contributed by atoms with E-state index in [2.05, 4.69) is 29.7 Å². The fourth-order valence-corrected chi connectivity index (χ4v) is 3.95. The van der Waals surface area contributed by atoms with Crippen LogP contribution in [0.5, 0.6) is 0 Å². The molecule has 0 aliphatic carbocycles. The van der Waals surface area contributed by atoms with Gasteiger partial charge in [-0.1, -0.05) is 30.3 Å². The van der Waals surface area contributed by atoms with Crippen LogP contribution < -0.4 is 10.6 Å². The molecule has 3 rings (SSSR count). The number of nitrogens with one attached hydrogen (secondary N) is 2. The number of hydrogen-bond donors (Lipinski definition) is 3. The van der Waals surface area contributed by atoms with Gasteiger partial charge in [0.25, 0.3) is 5.91 Å². The summed E-state index contributed by atoms with van der Waals surface area (Å²) in [7, 11) is 0. The van der Waals surface area contributed by atoms with E-state index in [1.54, 1.807) is 11.8 Å². The van der Waals surface area contributed by atoms with E-state index < -0.39 is 5.60 Å². The van der Waals surface area contributed by atoms with Gasteiger partial charge in [-0.15, -0.1) is 0 Å². The van der Waals surface area contributed by atoms with Crippen molar-refractivity contribution >= 4 is 29.0 Å². The molecular formula is C19H22N2O2S. The Morgan fingerprint density at radius 2 is 1.79 bits per heavy atom. The molecular weight excluding hydrogens is 320 g/mol. The van der Waals surface area contributed by atoms with Crippen molar-refractivity contribution in [1.29, 1.82) is 0 Å². The highest BCUT2D eigenvalue weighted by Gasteiger charge is 2.39. The van der Waals surface area contributed by atoms with Crippen molar-refractivity contribution in [3.05, 3.63) is 60.2 Å². The van der Waals surface area contributed by atoms with Gasteiger partial charge in [-0.2, -0.15) is 11.8 Å². The molecule has 0 bridgehead atoms. The van der Waals surface area contributed by atoms with Gasteiger partial charge in [0, 0.05) is 23.2 Å². The number of carbonyl (C=O) groups excluding carboxylic acids is 1. The van der Waals surface area contributed by atoms with E-state index >= 15 is 0 Å². The number of thioether (sulfide) groups is 1. The maximum Gasteiger partial charge on any atom is 0.257 e. The number of benzene rings is 2. The molecule has 2 aromatic carbocycles. The van der Waals surface area contributed by atoms with Gasteiger partial charge in [-0.25, -0.2) is 0 Å². The zero-order chi connectivity index (χ0) is 17.0. The Kier molecular flexibility index (Phi) is 5.11. The third kappa shape index (κ3) is 3.91. The summed E-state index contributed by atoms with van der Waals surface area (Å²) in [6.45, 7) is 2.11. The second-order valence-corrected chi connectivity index (χ2v) is 7.25. The zero-order valence-corrected chi connectivity index (χ0v) is 14.5. The number of amides is 1. The van der Waals surface area contributed by atoms with E-state index in [0.717, 1.165) is 11.4 Å². The summed E-state index contributed by atoms with van der Waals surface area (Å²) in [5.41, 5.74) is 1.67. The topological polar surface area (TPSA) is 61.4 Å². The average molecular weight is 342 g/mol. The van der Waals surface area contributed by atoms with Crippen LogP contribution in [-0.4, -0.2) is 28.1 Å². The normalized spacial score (nSPS) is 21.2. The molecule has 0 unspecified atom stereocenters. The molecule has 1 amide bonds. The summed E-state index contributed by atoms with van der Waals surface area (Å²) in [6, 6.07) is 18.0. The van der Waals surface area contributed by atoms with Gasteiger partial charge in [-0.05, 0) is 48.9 Å². The smallest absolute Gasteiger partial charge is 0.257 e. The first-order chi connectivity index (χ1) is 11.6. The fourth-order valence-electron chi connectivity index (χ4n) is 2.71. The number of hydrogen-bond acceptors (Lipinski definition) is 4. The van der Waals surface area contributed by atoms with Gasteiger partial charge in [0.05, 0.1) is 0 Å². The highest BCUT2D eigenvalue weighted by molar-refractivity contribution is 7.99. The molecule has 2 aromatic rings. The molecule has 0 saturated carbocycles. The Labute approximate surface area is 146 Å². The van der Waals surface area contributed by atoms with E-state index in [-0.39, 0.29) is 11.9 Å². The van der Waals surface area contributed by atoms with Gasteiger partial charge in [0.1, 0.15) is 0 Å². The minimum absolute atomic E-state index is 0.197. The van der Waals surface area contributed by atoms with Crippen molar-refractivity contribution in [2.45, 2.75) is 25.0 Å². The number of anilines is 2. The van der Waals surface area contributed by atoms with Gasteiger partial charge < -0.3 is 15.7 Å². The van der Waals surface area contributed by atoms with E-state index in [1.807, 2.05) is 42.5 Å². The van der Waals surface area contributed by atoms with Crippen LogP contribution >= 0.6 is 11.8 Å². The predicted octanol–water partition coefficient (Wildman–Crippen LogP) is 3.67. The third-order valence-corrected chi connectivity index (χ3v) is 5.42. The lowest BCUT2D eigenvalue weighted by atomic mass is 10.0. The number of carbonyl (C=O) groups is 1. The second kappa shape index (κ2) is 7.28. The lowest BCUT2D eigenvalue weighted by molar-refractivity contribution is -0.131. The zero-order valence-electron chi connectivity index (χ0n) is 13.7. The number of aliphatic hydroxyl groups is 1. The summed E-state index contributed by atoms with van der Waals surface area (Å²) in [5.74, 6) is 0.975. The molecule has 0 spiro atoms. The summed E-state index contributed by atoms with van der Waals surface area (Å²) in [6.07, 6.45) is 0.512. The van der Waals surface area contributed by atoms with E-state index in [1.165, 1.54) is 5.56 Å². The van der Waals surface area contributed by atoms with Crippen LogP contribution in [-0.2, 0) is 4.79 Å². The van der Waals surface area contributed by atoms with Crippen molar-refractivity contribution in [3.63, 3.8) is 0 Å². The van der Waals surface area contributed by atoms with Crippen LogP contribution in [0.3, 0.4) is 0 Å². The molecule has 4 nitrogen and oxygen atoms in total. The van der Waals surface area contributed by atoms with Crippen molar-refractivity contribution in [1.82, 2.24) is 0 Å². The molecule has 24 heavy (non-hydrogen) atoms. The molecule has 1 heterocycles. The van der Waals surface area contributed by atoms with E-state index in [9.17, 15) is 9.90 Å². The Balaban J connectivity index is 1.60. The maximum absolute atomic E-state index is 12.2. The molecule has 5 heteroatoms. The van der Waals surface area contributed by atoms with Crippen LogP contribution in [0.25, 0.3) is 0 Å². The standard InChI is InChI=1S/C19H22N2O2S/c1-14(15-5-3-2-4-6-15)20-16-7-9-17(10-8-16)21-18(22)19(23)11-12-24-13-19/h2-10,14,20,23H,11-13H2,1H3,(H,21,22)/t14-,19-/m0/s1. The summed E-state index contributed by atoms with van der Waals surface area (Å²) >= 11 is 1.61. The SMILES string of the molecule is C[C@H](Nc1ccc(NC(=O)[C@]2(O)CCSC2)cc1)c1ccccc1. The largest absolute Gasteiger partial charge is 0.379 e. The summed E-state index contributed by atoms with van der Waals surface area (Å²) in [5, 5.41) is 16.5. The van der Waals surface area contributed by atoms with Gasteiger partial charge in [0.15, 0.2) is 5.60 Å². The van der Waals surface area contributed by atoms with E-state index in [4.69, 9.17) is 0 Å². The Morgan fingerprint density at radius 3 is 2.42 bits per heavy atom.